The van der Waals surface area contributed by atoms with Crippen molar-refractivity contribution in [3.05, 3.63) is 65.7 Å². The minimum absolute atomic E-state index is 0.0201. The monoisotopic (exact) mass is 267 g/mol. The van der Waals surface area contributed by atoms with Crippen LogP contribution < -0.4 is 4.90 Å². The minimum Gasteiger partial charge on any atom is -0.371 e. The molecular formula is C17H17NO2. The van der Waals surface area contributed by atoms with E-state index >= 15 is 0 Å². The Morgan fingerprint density at radius 2 is 1.95 bits per heavy atom. The molecule has 1 unspecified atom stereocenters. The van der Waals surface area contributed by atoms with Gasteiger partial charge in [0.05, 0.1) is 19.3 Å². The van der Waals surface area contributed by atoms with Crippen molar-refractivity contribution in [2.24, 2.45) is 0 Å². The third kappa shape index (κ3) is 2.89. The number of ether oxygens (including phenoxy) is 1. The van der Waals surface area contributed by atoms with Gasteiger partial charge >= 0.3 is 0 Å². The van der Waals surface area contributed by atoms with Gasteiger partial charge in [0.25, 0.3) is 5.91 Å². The second kappa shape index (κ2) is 5.47. The summed E-state index contributed by atoms with van der Waals surface area (Å²) in [4.78, 5) is 14.5. The normalized spacial score (nSPS) is 16.8. The standard InChI is InChI=1S/C17H17NO2/c1-13-6-5-9-15(10-13)18(11-16-12-20-16)17(19)14-7-3-2-4-8-14/h2-10,16H,11-12H2,1H3. The lowest BCUT2D eigenvalue weighted by Crippen LogP contribution is -2.34. The van der Waals surface area contributed by atoms with Crippen molar-refractivity contribution in [3.8, 4) is 0 Å². The summed E-state index contributed by atoms with van der Waals surface area (Å²) in [7, 11) is 0. The molecule has 2 aromatic carbocycles. The first-order chi connectivity index (χ1) is 9.74. The quantitative estimate of drug-likeness (QED) is 0.798. The molecule has 0 saturated carbocycles. The minimum atomic E-state index is 0.0201. The van der Waals surface area contributed by atoms with Crippen molar-refractivity contribution in [2.75, 3.05) is 18.1 Å². The van der Waals surface area contributed by atoms with Gasteiger partial charge in [0, 0.05) is 11.3 Å². The third-order valence-electron chi connectivity index (χ3n) is 3.37. The summed E-state index contributed by atoms with van der Waals surface area (Å²) in [6.45, 7) is 3.38. The number of hydrogen-bond donors (Lipinski definition) is 0. The van der Waals surface area contributed by atoms with Gasteiger partial charge in [-0.15, -0.1) is 0 Å². The van der Waals surface area contributed by atoms with Crippen molar-refractivity contribution in [1.82, 2.24) is 0 Å². The van der Waals surface area contributed by atoms with Gasteiger partial charge < -0.3 is 9.64 Å². The zero-order valence-electron chi connectivity index (χ0n) is 11.5. The van der Waals surface area contributed by atoms with E-state index in [1.54, 1.807) is 4.90 Å². The number of rotatable bonds is 4. The molecule has 0 spiro atoms. The van der Waals surface area contributed by atoms with Gasteiger partial charge in [-0.25, -0.2) is 0 Å². The number of carbonyl (C=O) groups excluding carboxylic acids is 1. The van der Waals surface area contributed by atoms with E-state index < -0.39 is 0 Å². The Bertz CT molecular complexity index is 605. The average molecular weight is 267 g/mol. The van der Waals surface area contributed by atoms with Crippen LogP contribution in [0.2, 0.25) is 0 Å². The summed E-state index contributed by atoms with van der Waals surface area (Å²) in [6.07, 6.45) is 0.170. The topological polar surface area (TPSA) is 32.8 Å². The van der Waals surface area contributed by atoms with Crippen molar-refractivity contribution in [2.45, 2.75) is 13.0 Å². The van der Waals surface area contributed by atoms with Crippen LogP contribution in [0.1, 0.15) is 15.9 Å². The number of anilines is 1. The van der Waals surface area contributed by atoms with Crippen molar-refractivity contribution < 1.29 is 9.53 Å². The van der Waals surface area contributed by atoms with Crippen LogP contribution in [0.4, 0.5) is 5.69 Å². The number of carbonyl (C=O) groups is 1. The molecule has 1 fully saturated rings. The van der Waals surface area contributed by atoms with Gasteiger partial charge in [-0.1, -0.05) is 30.3 Å². The lowest BCUT2D eigenvalue weighted by atomic mass is 10.1. The molecule has 2 aromatic rings. The Labute approximate surface area is 118 Å². The zero-order chi connectivity index (χ0) is 13.9. The first-order valence-electron chi connectivity index (χ1n) is 6.79. The maximum absolute atomic E-state index is 12.7. The summed E-state index contributed by atoms with van der Waals surface area (Å²) in [6, 6.07) is 17.4. The van der Waals surface area contributed by atoms with Crippen molar-refractivity contribution >= 4 is 11.6 Å². The second-order valence-corrected chi connectivity index (χ2v) is 5.08. The molecule has 0 N–H and O–H groups in total. The highest BCUT2D eigenvalue weighted by Crippen LogP contribution is 2.22. The molecule has 1 aliphatic heterocycles. The van der Waals surface area contributed by atoms with E-state index in [1.165, 1.54) is 0 Å². The molecule has 0 aromatic heterocycles. The number of amides is 1. The Kier molecular flexibility index (Phi) is 3.52. The van der Waals surface area contributed by atoms with E-state index in [-0.39, 0.29) is 12.0 Å². The SMILES string of the molecule is Cc1cccc(N(CC2CO2)C(=O)c2ccccc2)c1. The second-order valence-electron chi connectivity index (χ2n) is 5.08. The van der Waals surface area contributed by atoms with E-state index in [1.807, 2.05) is 61.5 Å². The predicted molar refractivity (Wildman–Crippen MR) is 79.0 cm³/mol. The summed E-state index contributed by atoms with van der Waals surface area (Å²) in [5, 5.41) is 0. The van der Waals surface area contributed by atoms with Gasteiger partial charge in [-0.3, -0.25) is 4.79 Å². The first-order valence-corrected chi connectivity index (χ1v) is 6.79. The lowest BCUT2D eigenvalue weighted by Gasteiger charge is -2.22. The fraction of sp³-hybridized carbons (Fsp3) is 0.235. The zero-order valence-corrected chi connectivity index (χ0v) is 11.5. The van der Waals surface area contributed by atoms with E-state index in [4.69, 9.17) is 4.74 Å². The van der Waals surface area contributed by atoms with Gasteiger partial charge in [-0.05, 0) is 36.8 Å². The lowest BCUT2D eigenvalue weighted by molar-refractivity contribution is 0.0984. The number of epoxide rings is 1. The number of nitrogens with zero attached hydrogens (tertiary/aromatic N) is 1. The molecule has 1 aliphatic rings. The van der Waals surface area contributed by atoms with Crippen LogP contribution in [-0.2, 0) is 4.74 Å². The number of aryl methyl sites for hydroxylation is 1. The highest BCUT2D eigenvalue weighted by molar-refractivity contribution is 6.06. The van der Waals surface area contributed by atoms with Gasteiger partial charge in [0.15, 0.2) is 0 Å². The van der Waals surface area contributed by atoms with E-state index in [9.17, 15) is 4.79 Å². The van der Waals surface area contributed by atoms with Crippen molar-refractivity contribution in [1.29, 1.82) is 0 Å². The summed E-state index contributed by atoms with van der Waals surface area (Å²) >= 11 is 0. The highest BCUT2D eigenvalue weighted by atomic mass is 16.6. The molecule has 0 aliphatic carbocycles. The van der Waals surface area contributed by atoms with Gasteiger partial charge in [0.2, 0.25) is 0 Å². The molecule has 3 nitrogen and oxygen atoms in total. The van der Waals surface area contributed by atoms with E-state index in [2.05, 4.69) is 0 Å². The van der Waals surface area contributed by atoms with Crippen LogP contribution in [0.15, 0.2) is 54.6 Å². The maximum atomic E-state index is 12.7. The van der Waals surface area contributed by atoms with E-state index in [0.717, 1.165) is 17.9 Å². The molecule has 1 heterocycles. The average Bonchev–Trinajstić information content (AvgIpc) is 3.29. The Morgan fingerprint density at radius 3 is 2.60 bits per heavy atom. The van der Waals surface area contributed by atoms with Gasteiger partial charge in [0.1, 0.15) is 0 Å². The molecular weight excluding hydrogens is 250 g/mol. The van der Waals surface area contributed by atoms with Crippen LogP contribution in [0.5, 0.6) is 0 Å². The Morgan fingerprint density at radius 1 is 1.20 bits per heavy atom. The highest BCUT2D eigenvalue weighted by Gasteiger charge is 2.29. The van der Waals surface area contributed by atoms with Crippen molar-refractivity contribution in [3.63, 3.8) is 0 Å². The number of hydrogen-bond acceptors (Lipinski definition) is 2. The molecule has 102 valence electrons. The third-order valence-corrected chi connectivity index (χ3v) is 3.37. The molecule has 3 rings (SSSR count). The molecule has 3 heteroatoms. The predicted octanol–water partition coefficient (Wildman–Crippen LogP) is 3.04. The largest absolute Gasteiger partial charge is 0.371 e. The molecule has 1 saturated heterocycles. The fourth-order valence-electron chi connectivity index (χ4n) is 2.22. The maximum Gasteiger partial charge on any atom is 0.258 e. The fourth-order valence-corrected chi connectivity index (χ4v) is 2.22. The van der Waals surface area contributed by atoms with Crippen LogP contribution in [0.25, 0.3) is 0 Å². The van der Waals surface area contributed by atoms with Crippen LogP contribution >= 0.6 is 0 Å². The Balaban J connectivity index is 1.91. The molecule has 0 radical (unpaired) electrons. The molecule has 1 atom stereocenters. The Hall–Kier alpha value is -2.13. The summed E-state index contributed by atoms with van der Waals surface area (Å²) in [5.41, 5.74) is 2.77. The van der Waals surface area contributed by atoms with Crippen LogP contribution in [0, 0.1) is 6.92 Å². The van der Waals surface area contributed by atoms with E-state index in [0.29, 0.717) is 12.1 Å². The molecule has 20 heavy (non-hydrogen) atoms. The summed E-state index contributed by atoms with van der Waals surface area (Å²) in [5.74, 6) is 0.0201. The molecule has 0 bridgehead atoms. The van der Waals surface area contributed by atoms with Crippen LogP contribution in [0.3, 0.4) is 0 Å². The summed E-state index contributed by atoms with van der Waals surface area (Å²) < 4.78 is 5.28. The first kappa shape index (κ1) is 12.9. The molecule has 1 amide bonds. The van der Waals surface area contributed by atoms with Gasteiger partial charge in [-0.2, -0.15) is 0 Å². The number of benzene rings is 2. The van der Waals surface area contributed by atoms with Crippen LogP contribution in [-0.4, -0.2) is 25.2 Å². The smallest absolute Gasteiger partial charge is 0.258 e.